The minimum atomic E-state index is -1.87. The maximum atomic E-state index is 14.6. The number of likely N-dealkylation sites (N-methyl/N-ethyl adjacent to an activating group) is 1. The van der Waals surface area contributed by atoms with Crippen LogP contribution in [0.5, 0.6) is 0 Å². The maximum Gasteiger partial charge on any atom is 0.311 e. The molecule has 17 heteroatoms. The van der Waals surface area contributed by atoms with Gasteiger partial charge in [0.2, 0.25) is 0 Å². The van der Waals surface area contributed by atoms with E-state index in [4.69, 9.17) is 40.6 Å². The summed E-state index contributed by atoms with van der Waals surface area (Å²) in [7, 11) is 5.35. The molecule has 1 saturated carbocycles. The zero-order valence-electron chi connectivity index (χ0n) is 45.8. The Kier molecular flexibility index (Phi) is 27.8. The van der Waals surface area contributed by atoms with Gasteiger partial charge in [-0.1, -0.05) is 78.6 Å². The van der Waals surface area contributed by atoms with Crippen molar-refractivity contribution in [1.29, 1.82) is 0 Å². The molecule has 0 aromatic carbocycles. The molecule has 3 aliphatic rings. The number of nitrogens with one attached hydrogen (secondary N) is 2. The van der Waals surface area contributed by atoms with Crippen molar-refractivity contribution in [2.24, 2.45) is 17.8 Å². The summed E-state index contributed by atoms with van der Waals surface area (Å²) >= 11 is 5.83. The van der Waals surface area contributed by atoms with Crippen molar-refractivity contribution in [1.82, 2.24) is 20.4 Å². The van der Waals surface area contributed by atoms with Crippen LogP contribution in [0.25, 0.3) is 0 Å². The summed E-state index contributed by atoms with van der Waals surface area (Å²) in [6.45, 7) is 19.5. The highest BCUT2D eigenvalue weighted by Crippen LogP contribution is 2.38. The Morgan fingerprint density at radius 1 is 0.971 bits per heavy atom. The third-order valence-electron chi connectivity index (χ3n) is 15.5. The Bertz CT molecular complexity index is 1470. The van der Waals surface area contributed by atoms with Crippen LogP contribution in [-0.2, 0) is 33.2 Å². The second-order valence-electron chi connectivity index (χ2n) is 22.3. The van der Waals surface area contributed by atoms with Gasteiger partial charge in [-0.25, -0.2) is 0 Å². The molecule has 412 valence electrons. The molecule has 7 N–H and O–H groups in total. The third-order valence-corrected chi connectivity index (χ3v) is 15.8. The maximum absolute atomic E-state index is 14.6. The van der Waals surface area contributed by atoms with Crippen LogP contribution in [0.2, 0.25) is 0 Å². The average Bonchev–Trinajstić information content (AvgIpc) is 3.29. The number of esters is 1. The first-order valence-corrected chi connectivity index (χ1v) is 27.6. The van der Waals surface area contributed by atoms with Crippen LogP contribution in [0.3, 0.4) is 0 Å². The molecule has 0 unspecified atom stereocenters. The zero-order valence-corrected chi connectivity index (χ0v) is 46.6. The van der Waals surface area contributed by atoms with Gasteiger partial charge in [0.1, 0.15) is 23.9 Å². The molecule has 0 aromatic heterocycles. The number of aliphatic hydroxyl groups excluding tert-OH is 3. The van der Waals surface area contributed by atoms with Crippen molar-refractivity contribution in [3.63, 3.8) is 0 Å². The molecule has 0 radical (unpaired) electrons. The van der Waals surface area contributed by atoms with E-state index in [0.717, 1.165) is 12.8 Å². The number of aliphatic hydroxyl groups is 5. The lowest BCUT2D eigenvalue weighted by Crippen LogP contribution is -2.59. The van der Waals surface area contributed by atoms with Gasteiger partial charge in [0.05, 0.1) is 48.6 Å². The van der Waals surface area contributed by atoms with E-state index >= 15 is 0 Å². The van der Waals surface area contributed by atoms with Crippen LogP contribution in [0.1, 0.15) is 172 Å². The molecule has 1 aliphatic carbocycles. The topological polar surface area (TPSA) is 204 Å². The Hall–Kier alpha value is -1.32. The quantitative estimate of drug-likeness (QED) is 0.0384. The molecule has 2 saturated heterocycles. The molecule has 17 atom stereocenters. The SMILES string of the molecule is CC[C@H]1OC(=O)[C@H](C)[C@@H](O[C@@H](CCOC)O[C@@H](C)[C@@H](C)O)[C@H](C)[C@@H](O[C@@H]2O[C@H](C)C[C@H](N(C)C)[C@H]2O)[C@](C)(O)C[C@@H](C)CN(CCCNC(=S)NC2CCCCCCCCCCC2)[C@H](C)[C@@H](O)[C@]1(C)O. The van der Waals surface area contributed by atoms with Gasteiger partial charge in [-0.15, -0.1) is 0 Å². The Balaban J connectivity index is 2.03. The van der Waals surface area contributed by atoms with Crippen molar-refractivity contribution in [3.8, 4) is 0 Å². The Labute approximate surface area is 428 Å². The fourth-order valence-electron chi connectivity index (χ4n) is 11.1. The van der Waals surface area contributed by atoms with Crippen LogP contribution in [-0.4, -0.2) is 185 Å². The molecule has 2 heterocycles. The van der Waals surface area contributed by atoms with Gasteiger partial charge in [-0.05, 0) is 119 Å². The average molecular weight is 1020 g/mol. The summed E-state index contributed by atoms with van der Waals surface area (Å²) in [4.78, 5) is 18.7. The number of nitrogens with zero attached hydrogens (tertiary/aromatic N) is 2. The second-order valence-corrected chi connectivity index (χ2v) is 22.7. The van der Waals surface area contributed by atoms with E-state index in [9.17, 15) is 30.3 Å². The first-order valence-electron chi connectivity index (χ1n) is 27.2. The molecule has 0 amide bonds. The summed E-state index contributed by atoms with van der Waals surface area (Å²) in [6, 6.07) is -0.561. The van der Waals surface area contributed by atoms with E-state index in [-0.39, 0.29) is 43.9 Å². The molecule has 3 fully saturated rings. The normalized spacial score (nSPS) is 37.2. The van der Waals surface area contributed by atoms with E-state index in [1.165, 1.54) is 64.7 Å². The number of hydrogen-bond acceptors (Lipinski definition) is 15. The number of cyclic esters (lactones) is 1. The van der Waals surface area contributed by atoms with Crippen LogP contribution >= 0.6 is 12.2 Å². The smallest absolute Gasteiger partial charge is 0.311 e. The molecule has 3 rings (SSSR count). The van der Waals surface area contributed by atoms with Gasteiger partial charge in [-0.3, -0.25) is 9.69 Å². The largest absolute Gasteiger partial charge is 0.459 e. The van der Waals surface area contributed by atoms with Gasteiger partial charge in [0.15, 0.2) is 17.7 Å². The van der Waals surface area contributed by atoms with Crippen LogP contribution < -0.4 is 10.6 Å². The van der Waals surface area contributed by atoms with Gasteiger partial charge in [0, 0.05) is 57.2 Å². The number of hydrogen-bond donors (Lipinski definition) is 7. The highest BCUT2D eigenvalue weighted by molar-refractivity contribution is 7.80. The Morgan fingerprint density at radius 2 is 1.57 bits per heavy atom. The summed E-state index contributed by atoms with van der Waals surface area (Å²) in [5.41, 5.74) is -3.48. The van der Waals surface area contributed by atoms with Crippen molar-refractivity contribution < 1.29 is 58.7 Å². The van der Waals surface area contributed by atoms with Gasteiger partial charge >= 0.3 is 5.97 Å². The van der Waals surface area contributed by atoms with Crippen LogP contribution in [0.15, 0.2) is 0 Å². The van der Waals surface area contributed by atoms with Crippen molar-refractivity contribution >= 4 is 23.3 Å². The van der Waals surface area contributed by atoms with E-state index in [2.05, 4.69) is 15.5 Å². The summed E-state index contributed by atoms with van der Waals surface area (Å²) in [5, 5.41) is 67.3. The van der Waals surface area contributed by atoms with Gasteiger partial charge in [0.25, 0.3) is 0 Å². The summed E-state index contributed by atoms with van der Waals surface area (Å²) < 4.78 is 37.9. The molecule has 16 nitrogen and oxygen atoms in total. The predicted molar refractivity (Wildman–Crippen MR) is 278 cm³/mol. The predicted octanol–water partition coefficient (Wildman–Crippen LogP) is 6.05. The number of ether oxygens (including phenoxy) is 6. The lowest BCUT2D eigenvalue weighted by atomic mass is 9.77. The molecular formula is C53H102N4O12S. The number of thiocarbonyl (C=S) groups is 1. The fraction of sp³-hybridized carbons (Fsp3) is 0.962. The fourth-order valence-corrected chi connectivity index (χ4v) is 11.3. The minimum absolute atomic E-state index is 0.201. The van der Waals surface area contributed by atoms with Crippen LogP contribution in [0.4, 0.5) is 0 Å². The molecule has 0 bridgehead atoms. The number of methoxy groups -OCH3 is 1. The molecular weight excluding hydrogens is 917 g/mol. The lowest BCUT2D eigenvalue weighted by Gasteiger charge is -2.47. The number of carbonyl (C=O) groups is 1. The summed E-state index contributed by atoms with van der Waals surface area (Å²) in [6.07, 6.45) is 6.05. The van der Waals surface area contributed by atoms with E-state index in [1.54, 1.807) is 41.7 Å². The first kappa shape index (κ1) is 63.0. The highest BCUT2D eigenvalue weighted by atomic mass is 32.1. The molecule has 0 aromatic rings. The standard InChI is InChI=1S/C53H102N4O12S/c1-14-43-53(10,63)47(60)38(6)57(29-24-28-54-51(70)55-41-25-22-20-18-16-15-17-19-21-23-26-41)33-34(2)32-52(9,62)48(69-50-45(59)42(56(11)12)31-35(3)65-50)36(4)46(37(5)49(61)67-43)68-44(27-30-64-13)66-40(8)39(7)58/h34-48,50,58-60,62-63H,14-33H2,1-13H3,(H2,54,55,70)/t34-,35-,36+,37-,38-,39-,40+,42+,43-,44+,45-,46+,47-,48-,50+,52-,53-/m1/s1. The van der Waals surface area contributed by atoms with Crippen LogP contribution in [0, 0.1) is 17.8 Å². The van der Waals surface area contributed by atoms with Gasteiger partial charge in [-0.2, -0.15) is 0 Å². The molecule has 70 heavy (non-hydrogen) atoms. The van der Waals surface area contributed by atoms with Gasteiger partial charge < -0.3 is 69.5 Å². The first-order chi connectivity index (χ1) is 32.9. The lowest BCUT2D eigenvalue weighted by molar-refractivity contribution is -0.306. The zero-order chi connectivity index (χ0) is 52.3. The third kappa shape index (κ3) is 19.8. The monoisotopic (exact) mass is 1020 g/mol. The molecule has 0 spiro atoms. The number of carbonyl (C=O) groups excluding carboxylic acids is 1. The van der Waals surface area contributed by atoms with Crippen molar-refractivity contribution in [2.45, 2.75) is 263 Å². The van der Waals surface area contributed by atoms with Crippen molar-refractivity contribution in [3.05, 3.63) is 0 Å². The second kappa shape index (κ2) is 30.9. The van der Waals surface area contributed by atoms with Crippen molar-refractivity contribution in [2.75, 3.05) is 47.4 Å². The highest BCUT2D eigenvalue weighted by Gasteiger charge is 2.51. The summed E-state index contributed by atoms with van der Waals surface area (Å²) in [5.74, 6) is -2.73. The molecule has 2 aliphatic heterocycles. The minimum Gasteiger partial charge on any atom is -0.459 e. The Morgan fingerprint density at radius 3 is 2.13 bits per heavy atom. The van der Waals surface area contributed by atoms with E-state index in [1.807, 2.05) is 46.7 Å². The van der Waals surface area contributed by atoms with E-state index < -0.39 is 90.4 Å². The van der Waals surface area contributed by atoms with E-state index in [0.29, 0.717) is 43.6 Å². The number of rotatable bonds is 17.